The average Bonchev–Trinajstić information content (AvgIpc) is 2.47. The summed E-state index contributed by atoms with van der Waals surface area (Å²) in [6.07, 6.45) is 0.604. The summed E-state index contributed by atoms with van der Waals surface area (Å²) in [7, 11) is -3.57. The highest BCUT2D eigenvalue weighted by Gasteiger charge is 2.35. The summed E-state index contributed by atoms with van der Waals surface area (Å²) in [5.41, 5.74) is 6.24. The van der Waals surface area contributed by atoms with E-state index in [4.69, 9.17) is 22.1 Å². The third kappa shape index (κ3) is 3.40. The van der Waals surface area contributed by atoms with Crippen LogP contribution in [0.3, 0.4) is 0 Å². The van der Waals surface area contributed by atoms with E-state index in [-0.39, 0.29) is 23.6 Å². The molecule has 0 amide bonds. The molecule has 7 heteroatoms. The number of nitrogens with zero attached hydrogens (tertiary/aromatic N) is 1. The summed E-state index contributed by atoms with van der Waals surface area (Å²) < 4.78 is 32.8. The van der Waals surface area contributed by atoms with Gasteiger partial charge < -0.3 is 10.5 Å². The van der Waals surface area contributed by atoms with Gasteiger partial charge in [0, 0.05) is 24.2 Å². The molecular formula is C14H21ClN2O3S. The molecule has 1 fully saturated rings. The largest absolute Gasteiger partial charge is 0.375 e. The Labute approximate surface area is 131 Å². The van der Waals surface area contributed by atoms with Gasteiger partial charge in [-0.2, -0.15) is 4.31 Å². The van der Waals surface area contributed by atoms with Crippen molar-refractivity contribution in [3.8, 4) is 0 Å². The van der Waals surface area contributed by atoms with Crippen molar-refractivity contribution in [2.45, 2.75) is 43.9 Å². The first-order valence-corrected chi connectivity index (χ1v) is 8.83. The minimum atomic E-state index is -3.57. The molecule has 1 aliphatic heterocycles. The first kappa shape index (κ1) is 16.7. The molecule has 118 valence electrons. The molecule has 21 heavy (non-hydrogen) atoms. The number of halogens is 1. The molecule has 5 nitrogen and oxygen atoms in total. The van der Waals surface area contributed by atoms with Crippen LogP contribution in [-0.2, 0) is 21.3 Å². The van der Waals surface area contributed by atoms with Gasteiger partial charge in [-0.1, -0.05) is 18.5 Å². The number of ether oxygens (including phenoxy) is 1. The second kappa shape index (κ2) is 6.62. The Kier molecular flexibility index (Phi) is 5.27. The molecule has 2 atom stereocenters. The van der Waals surface area contributed by atoms with Crippen molar-refractivity contribution in [3.05, 3.63) is 28.8 Å². The van der Waals surface area contributed by atoms with Crippen molar-refractivity contribution in [1.82, 2.24) is 4.31 Å². The van der Waals surface area contributed by atoms with Crippen LogP contribution in [0.5, 0.6) is 0 Å². The van der Waals surface area contributed by atoms with Crippen LogP contribution < -0.4 is 5.73 Å². The van der Waals surface area contributed by atoms with Gasteiger partial charge in [-0.05, 0) is 37.1 Å². The summed E-state index contributed by atoms with van der Waals surface area (Å²) >= 11 is 6.00. The van der Waals surface area contributed by atoms with Crippen molar-refractivity contribution in [2.24, 2.45) is 5.73 Å². The lowest BCUT2D eigenvalue weighted by atomic mass is 10.2. The summed E-state index contributed by atoms with van der Waals surface area (Å²) in [6, 6.07) is 4.54. The highest BCUT2D eigenvalue weighted by atomic mass is 35.5. The van der Waals surface area contributed by atoms with Gasteiger partial charge >= 0.3 is 0 Å². The zero-order valence-corrected chi connectivity index (χ0v) is 13.8. The van der Waals surface area contributed by atoms with Crippen LogP contribution in [0.15, 0.2) is 23.1 Å². The number of rotatable bonds is 4. The zero-order chi connectivity index (χ0) is 15.6. The fourth-order valence-electron chi connectivity index (χ4n) is 2.43. The van der Waals surface area contributed by atoms with E-state index in [1.54, 1.807) is 12.1 Å². The van der Waals surface area contributed by atoms with Crippen molar-refractivity contribution in [1.29, 1.82) is 0 Å². The molecule has 2 rings (SSSR count). The molecule has 0 aliphatic carbocycles. The summed E-state index contributed by atoms with van der Waals surface area (Å²) in [4.78, 5) is 0.236. The van der Waals surface area contributed by atoms with Crippen LogP contribution in [0.2, 0.25) is 5.02 Å². The number of nitrogens with two attached hydrogens (primary N) is 1. The predicted molar refractivity (Wildman–Crippen MR) is 82.7 cm³/mol. The van der Waals surface area contributed by atoms with Crippen LogP contribution in [0.4, 0.5) is 0 Å². The summed E-state index contributed by atoms with van der Waals surface area (Å²) in [5, 5.41) is 0.485. The fourth-order valence-corrected chi connectivity index (χ4v) is 4.44. The minimum Gasteiger partial charge on any atom is -0.375 e. The van der Waals surface area contributed by atoms with E-state index in [1.165, 1.54) is 10.4 Å². The lowest BCUT2D eigenvalue weighted by Gasteiger charge is -2.37. The average molecular weight is 333 g/mol. The molecule has 1 saturated heterocycles. The van der Waals surface area contributed by atoms with Crippen molar-refractivity contribution in [3.63, 3.8) is 0 Å². The molecule has 0 spiro atoms. The quantitative estimate of drug-likeness (QED) is 0.915. The lowest BCUT2D eigenvalue weighted by molar-refractivity contribution is -0.0230. The number of benzene rings is 1. The third-order valence-electron chi connectivity index (χ3n) is 3.73. The van der Waals surface area contributed by atoms with E-state index >= 15 is 0 Å². The number of morpholine rings is 1. The molecule has 2 unspecified atom stereocenters. The number of hydrogen-bond donors (Lipinski definition) is 1. The van der Waals surface area contributed by atoms with Crippen LogP contribution in [0, 0.1) is 0 Å². The van der Waals surface area contributed by atoms with Gasteiger partial charge in [0.25, 0.3) is 0 Å². The molecule has 0 radical (unpaired) electrons. The lowest BCUT2D eigenvalue weighted by Crippen LogP contribution is -2.51. The Morgan fingerprint density at radius 1 is 1.48 bits per heavy atom. The molecule has 2 N–H and O–H groups in total. The molecule has 0 aromatic heterocycles. The molecular weight excluding hydrogens is 312 g/mol. The monoisotopic (exact) mass is 332 g/mol. The van der Waals surface area contributed by atoms with Gasteiger partial charge in [-0.3, -0.25) is 0 Å². The van der Waals surface area contributed by atoms with Crippen molar-refractivity contribution >= 4 is 21.6 Å². The first-order valence-electron chi connectivity index (χ1n) is 7.02. The van der Waals surface area contributed by atoms with Gasteiger partial charge in [0.05, 0.1) is 17.6 Å². The summed E-state index contributed by atoms with van der Waals surface area (Å²) in [5.74, 6) is 0. The Morgan fingerprint density at radius 2 is 2.19 bits per heavy atom. The van der Waals surface area contributed by atoms with Gasteiger partial charge in [0.1, 0.15) is 0 Å². The zero-order valence-electron chi connectivity index (χ0n) is 12.3. The normalized spacial score (nSPS) is 24.2. The molecule has 1 aromatic carbocycles. The van der Waals surface area contributed by atoms with Gasteiger partial charge in [-0.25, -0.2) is 8.42 Å². The van der Waals surface area contributed by atoms with E-state index in [0.29, 0.717) is 30.2 Å². The second-order valence-corrected chi connectivity index (χ2v) is 7.54. The highest BCUT2D eigenvalue weighted by Crippen LogP contribution is 2.27. The molecule has 1 aromatic rings. The molecule has 0 bridgehead atoms. The fraction of sp³-hybridized carbons (Fsp3) is 0.571. The first-order chi connectivity index (χ1) is 9.90. The number of hydrogen-bond acceptors (Lipinski definition) is 4. The van der Waals surface area contributed by atoms with E-state index in [0.717, 1.165) is 0 Å². The Morgan fingerprint density at radius 3 is 2.81 bits per heavy atom. The van der Waals surface area contributed by atoms with Crippen LogP contribution in [0.25, 0.3) is 0 Å². The van der Waals surface area contributed by atoms with Gasteiger partial charge in [-0.15, -0.1) is 0 Å². The predicted octanol–water partition coefficient (Wildman–Crippen LogP) is 1.99. The molecule has 1 heterocycles. The number of sulfonamides is 1. The minimum absolute atomic E-state index is 0.108. The molecule has 1 aliphatic rings. The topological polar surface area (TPSA) is 72.6 Å². The third-order valence-corrected chi connectivity index (χ3v) is 6.02. The Balaban J connectivity index is 2.40. The van der Waals surface area contributed by atoms with Crippen LogP contribution in [-0.4, -0.2) is 38.0 Å². The van der Waals surface area contributed by atoms with Gasteiger partial charge in [0.2, 0.25) is 10.0 Å². The smallest absolute Gasteiger partial charge is 0.243 e. The second-order valence-electron chi connectivity index (χ2n) is 5.24. The van der Waals surface area contributed by atoms with Crippen LogP contribution in [0.1, 0.15) is 25.8 Å². The Hall–Kier alpha value is -0.660. The maximum absolute atomic E-state index is 12.9. The maximum atomic E-state index is 12.9. The Bertz CT molecular complexity index is 606. The van der Waals surface area contributed by atoms with E-state index in [9.17, 15) is 8.42 Å². The van der Waals surface area contributed by atoms with Crippen molar-refractivity contribution in [2.75, 3.05) is 13.2 Å². The van der Waals surface area contributed by atoms with Crippen molar-refractivity contribution < 1.29 is 13.2 Å². The SMILES string of the molecule is CCC1COC(C)CN1S(=O)(=O)c1ccc(Cl)c(CN)c1. The van der Waals surface area contributed by atoms with Gasteiger partial charge in [0.15, 0.2) is 0 Å². The van der Waals surface area contributed by atoms with E-state index in [1.807, 2.05) is 13.8 Å². The van der Waals surface area contributed by atoms with Crippen LogP contribution >= 0.6 is 11.6 Å². The highest BCUT2D eigenvalue weighted by molar-refractivity contribution is 7.89. The maximum Gasteiger partial charge on any atom is 0.243 e. The standard InChI is InChI=1S/C14H21ClN2O3S/c1-3-12-9-20-10(2)8-17(12)21(18,19)13-4-5-14(15)11(6-13)7-16/h4-6,10,12H,3,7-9,16H2,1-2H3. The molecule has 0 saturated carbocycles. The summed E-state index contributed by atoms with van der Waals surface area (Å²) in [6.45, 7) is 4.83. The van der Waals surface area contributed by atoms with E-state index < -0.39 is 10.0 Å². The van der Waals surface area contributed by atoms with E-state index in [2.05, 4.69) is 0 Å².